The van der Waals surface area contributed by atoms with E-state index in [1.807, 2.05) is 24.3 Å². The quantitative estimate of drug-likeness (QED) is 0.578. The molecule has 170 valence electrons. The fourth-order valence-corrected chi connectivity index (χ4v) is 3.76. The fraction of sp³-hybridized carbons (Fsp3) is 0.304. The lowest BCUT2D eigenvalue weighted by Crippen LogP contribution is -2.27. The van der Waals surface area contributed by atoms with Gasteiger partial charge in [-0.15, -0.1) is 0 Å². The van der Waals surface area contributed by atoms with Crippen LogP contribution in [0.3, 0.4) is 0 Å². The van der Waals surface area contributed by atoms with Gasteiger partial charge in [0.25, 0.3) is 5.91 Å². The molecule has 0 spiro atoms. The number of rotatable bonds is 5. The van der Waals surface area contributed by atoms with E-state index in [-0.39, 0.29) is 16.7 Å². The van der Waals surface area contributed by atoms with Crippen LogP contribution in [0.5, 0.6) is 0 Å². The first-order valence-electron chi connectivity index (χ1n) is 9.93. The van der Waals surface area contributed by atoms with Gasteiger partial charge in [0.2, 0.25) is 10.0 Å². The van der Waals surface area contributed by atoms with Gasteiger partial charge in [-0.1, -0.05) is 32.9 Å². The number of halogens is 2. The van der Waals surface area contributed by atoms with E-state index in [2.05, 4.69) is 31.1 Å². The van der Waals surface area contributed by atoms with Crippen LogP contribution in [0, 0.1) is 11.6 Å². The van der Waals surface area contributed by atoms with Gasteiger partial charge in [-0.3, -0.25) is 9.52 Å². The summed E-state index contributed by atoms with van der Waals surface area (Å²) in [6, 6.07) is 10.5. The summed E-state index contributed by atoms with van der Waals surface area (Å²) in [6.45, 7) is 7.90. The fourth-order valence-electron chi connectivity index (χ4n) is 3.20. The summed E-state index contributed by atoms with van der Waals surface area (Å²) < 4.78 is 52.9. The van der Waals surface area contributed by atoms with Crippen molar-refractivity contribution in [3.8, 4) is 0 Å². The van der Waals surface area contributed by atoms with Crippen molar-refractivity contribution >= 4 is 32.5 Å². The second-order valence-electron chi connectivity index (χ2n) is 8.78. The van der Waals surface area contributed by atoms with E-state index >= 15 is 0 Å². The molecule has 1 heterocycles. The summed E-state index contributed by atoms with van der Waals surface area (Å²) in [4.78, 5) is 17.1. The highest BCUT2D eigenvalue weighted by Crippen LogP contribution is 2.27. The Balaban J connectivity index is 1.81. The molecule has 1 atom stereocenters. The predicted octanol–water partition coefficient (Wildman–Crippen LogP) is 4.67. The van der Waals surface area contributed by atoms with E-state index in [9.17, 15) is 22.0 Å². The zero-order valence-electron chi connectivity index (χ0n) is 18.5. The molecule has 1 aromatic heterocycles. The molecule has 9 heteroatoms. The van der Waals surface area contributed by atoms with E-state index in [4.69, 9.17) is 0 Å². The summed E-state index contributed by atoms with van der Waals surface area (Å²) in [5, 5.41) is 3.56. The number of benzene rings is 2. The van der Waals surface area contributed by atoms with Crippen molar-refractivity contribution in [3.05, 3.63) is 70.9 Å². The van der Waals surface area contributed by atoms with Crippen LogP contribution < -0.4 is 10.0 Å². The number of pyridine rings is 1. The Labute approximate surface area is 186 Å². The van der Waals surface area contributed by atoms with Crippen LogP contribution in [-0.2, 0) is 15.4 Å². The number of hydrogen-bond donors (Lipinski definition) is 2. The molecule has 2 aromatic carbocycles. The van der Waals surface area contributed by atoms with Gasteiger partial charge in [-0.25, -0.2) is 22.2 Å². The van der Waals surface area contributed by atoms with Gasteiger partial charge >= 0.3 is 0 Å². The number of aromatic nitrogens is 1. The Hall–Kier alpha value is -3.07. The maximum atomic E-state index is 14.3. The second-order valence-corrected chi connectivity index (χ2v) is 10.5. The summed E-state index contributed by atoms with van der Waals surface area (Å²) in [5.74, 6) is -2.66. The predicted molar refractivity (Wildman–Crippen MR) is 121 cm³/mol. The third-order valence-corrected chi connectivity index (χ3v) is 5.56. The molecule has 2 N–H and O–H groups in total. The SMILES string of the molecule is C[C@@H](NC(=O)c1ccc2cc(C(C)(C)C)ccc2n1)c1cc(F)c(NS(C)(=O)=O)c(F)c1. The molecular weight excluding hydrogens is 436 g/mol. The maximum Gasteiger partial charge on any atom is 0.270 e. The maximum absolute atomic E-state index is 14.3. The van der Waals surface area contributed by atoms with Gasteiger partial charge in [0.1, 0.15) is 11.4 Å². The summed E-state index contributed by atoms with van der Waals surface area (Å²) >= 11 is 0. The molecule has 0 aliphatic rings. The number of nitrogens with zero attached hydrogens (tertiary/aromatic N) is 1. The average Bonchev–Trinajstić information content (AvgIpc) is 2.68. The van der Waals surface area contributed by atoms with E-state index in [0.717, 1.165) is 29.3 Å². The molecule has 32 heavy (non-hydrogen) atoms. The molecule has 0 fully saturated rings. The van der Waals surface area contributed by atoms with Crippen molar-refractivity contribution in [1.82, 2.24) is 10.3 Å². The Bertz CT molecular complexity index is 1280. The van der Waals surface area contributed by atoms with Gasteiger partial charge in [0.05, 0.1) is 17.8 Å². The first-order chi connectivity index (χ1) is 14.7. The van der Waals surface area contributed by atoms with Gasteiger partial charge in [0, 0.05) is 5.39 Å². The molecule has 0 aliphatic carbocycles. The Morgan fingerprint density at radius 3 is 2.22 bits per heavy atom. The Kier molecular flexibility index (Phi) is 6.24. The summed E-state index contributed by atoms with van der Waals surface area (Å²) in [7, 11) is -3.85. The minimum atomic E-state index is -3.85. The number of anilines is 1. The van der Waals surface area contributed by atoms with Crippen molar-refractivity contribution in [1.29, 1.82) is 0 Å². The average molecular weight is 462 g/mol. The molecule has 3 aromatic rings. The summed E-state index contributed by atoms with van der Waals surface area (Å²) in [6.07, 6.45) is 0.795. The zero-order valence-corrected chi connectivity index (χ0v) is 19.3. The van der Waals surface area contributed by atoms with Crippen LogP contribution in [0.4, 0.5) is 14.5 Å². The molecule has 0 radical (unpaired) electrons. The molecule has 0 saturated carbocycles. The van der Waals surface area contributed by atoms with E-state index in [1.165, 1.54) is 0 Å². The number of carbonyl (C=O) groups is 1. The lowest BCUT2D eigenvalue weighted by molar-refractivity contribution is 0.0935. The molecule has 0 saturated heterocycles. The minimum absolute atomic E-state index is 0.0173. The first kappa shape index (κ1) is 23.6. The van der Waals surface area contributed by atoms with Gasteiger partial charge in [-0.05, 0) is 53.8 Å². The minimum Gasteiger partial charge on any atom is -0.344 e. The lowest BCUT2D eigenvalue weighted by Gasteiger charge is -2.19. The molecule has 3 rings (SSSR count). The number of amides is 1. The number of hydrogen-bond acceptors (Lipinski definition) is 4. The van der Waals surface area contributed by atoms with E-state index < -0.39 is 39.3 Å². The van der Waals surface area contributed by atoms with Crippen molar-refractivity contribution in [3.63, 3.8) is 0 Å². The molecule has 0 bridgehead atoms. The third kappa shape index (κ3) is 5.40. The topological polar surface area (TPSA) is 88.2 Å². The van der Waals surface area contributed by atoms with Crippen LogP contribution >= 0.6 is 0 Å². The highest BCUT2D eigenvalue weighted by molar-refractivity contribution is 7.92. The molecule has 0 unspecified atom stereocenters. The number of carbonyl (C=O) groups excluding carboxylic acids is 1. The van der Waals surface area contributed by atoms with Crippen LogP contribution in [0.1, 0.15) is 55.4 Å². The lowest BCUT2D eigenvalue weighted by atomic mass is 9.86. The molecule has 0 aliphatic heterocycles. The van der Waals surface area contributed by atoms with Crippen molar-refractivity contribution < 1.29 is 22.0 Å². The third-order valence-electron chi connectivity index (χ3n) is 4.99. The van der Waals surface area contributed by atoms with Crippen LogP contribution in [0.2, 0.25) is 0 Å². The highest BCUT2D eigenvalue weighted by Gasteiger charge is 2.20. The second kappa shape index (κ2) is 8.46. The number of sulfonamides is 1. The molecule has 6 nitrogen and oxygen atoms in total. The monoisotopic (exact) mass is 461 g/mol. The first-order valence-corrected chi connectivity index (χ1v) is 11.8. The van der Waals surface area contributed by atoms with Gasteiger partial charge in [-0.2, -0.15) is 0 Å². The summed E-state index contributed by atoms with van der Waals surface area (Å²) in [5.41, 5.74) is 1.34. The van der Waals surface area contributed by atoms with E-state index in [1.54, 1.807) is 17.7 Å². The van der Waals surface area contributed by atoms with E-state index in [0.29, 0.717) is 5.52 Å². The Morgan fingerprint density at radius 2 is 1.66 bits per heavy atom. The van der Waals surface area contributed by atoms with Crippen LogP contribution in [0.15, 0.2) is 42.5 Å². The Morgan fingerprint density at radius 1 is 1.03 bits per heavy atom. The molecule has 1 amide bonds. The number of fused-ring (bicyclic) bond motifs is 1. The van der Waals surface area contributed by atoms with Crippen molar-refractivity contribution in [2.24, 2.45) is 0 Å². The van der Waals surface area contributed by atoms with Crippen LogP contribution in [-0.4, -0.2) is 25.6 Å². The largest absolute Gasteiger partial charge is 0.344 e. The van der Waals surface area contributed by atoms with Crippen molar-refractivity contribution in [2.45, 2.75) is 39.2 Å². The normalized spacial score (nSPS) is 13.1. The molecular formula is C23H25F2N3O3S. The smallest absolute Gasteiger partial charge is 0.270 e. The standard InChI is InChI=1S/C23H25F2N3O3S/c1-13(15-11-17(24)21(18(25)12-15)28-32(5,30)31)26-22(29)20-8-6-14-10-16(23(2,3)4)7-9-19(14)27-20/h6-13,28H,1-5H3,(H,26,29)/t13-/m1/s1. The number of nitrogens with one attached hydrogen (secondary N) is 2. The van der Waals surface area contributed by atoms with Crippen molar-refractivity contribution in [2.75, 3.05) is 11.0 Å². The zero-order chi connectivity index (χ0) is 23.8. The van der Waals surface area contributed by atoms with Crippen LogP contribution in [0.25, 0.3) is 10.9 Å². The highest BCUT2D eigenvalue weighted by atomic mass is 32.2. The van der Waals surface area contributed by atoms with Gasteiger partial charge in [0.15, 0.2) is 11.6 Å². The van der Waals surface area contributed by atoms with Gasteiger partial charge < -0.3 is 5.32 Å².